The molecule has 5 rings (SSSR count). The molecule has 8 heteroatoms. The second-order valence-electron chi connectivity index (χ2n) is 11.7. The molecule has 2 aromatic heterocycles. The Bertz CT molecular complexity index is 1540. The molecule has 0 bridgehead atoms. The van der Waals surface area contributed by atoms with Crippen LogP contribution in [0.1, 0.15) is 54.8 Å². The first kappa shape index (κ1) is 26.4. The fourth-order valence-corrected chi connectivity index (χ4v) is 6.28. The Hall–Kier alpha value is -3.20. The van der Waals surface area contributed by atoms with Crippen LogP contribution in [0.5, 0.6) is 0 Å². The second-order valence-corrected chi connectivity index (χ2v) is 16.4. The van der Waals surface area contributed by atoms with Crippen LogP contribution >= 0.6 is 0 Å². The summed E-state index contributed by atoms with van der Waals surface area (Å²) in [7, 11) is -2.08. The van der Waals surface area contributed by atoms with Crippen molar-refractivity contribution in [2.24, 2.45) is 0 Å². The van der Waals surface area contributed by atoms with Gasteiger partial charge in [0, 0.05) is 18.2 Å². The zero-order chi connectivity index (χ0) is 27.1. The number of hydrogen-bond acceptors (Lipinski definition) is 6. The van der Waals surface area contributed by atoms with Crippen LogP contribution in [0.2, 0.25) is 18.1 Å². The molecule has 0 radical (unpaired) electrons. The molecule has 2 atom stereocenters. The molecule has 1 saturated heterocycles. The number of hydrogen-bond donors (Lipinski definition) is 0. The van der Waals surface area contributed by atoms with Gasteiger partial charge < -0.3 is 9.16 Å². The van der Waals surface area contributed by atoms with Crippen molar-refractivity contribution in [3.63, 3.8) is 0 Å². The van der Waals surface area contributed by atoms with E-state index in [1.165, 1.54) is 0 Å². The quantitative estimate of drug-likeness (QED) is 0.181. The molecule has 2 unspecified atom stereocenters. The topological polar surface area (TPSA) is 83.3 Å². The molecule has 38 heavy (non-hydrogen) atoms. The summed E-state index contributed by atoms with van der Waals surface area (Å²) in [4.78, 5) is 34.1. The van der Waals surface area contributed by atoms with E-state index in [0.717, 1.165) is 28.2 Å². The van der Waals surface area contributed by atoms with Crippen molar-refractivity contribution >= 4 is 36.3 Å². The third kappa shape index (κ3) is 4.96. The Kier molecular flexibility index (Phi) is 7.06. The summed E-state index contributed by atoms with van der Waals surface area (Å²) >= 11 is 0. The van der Waals surface area contributed by atoms with Crippen molar-refractivity contribution in [2.45, 2.75) is 63.9 Å². The smallest absolute Gasteiger partial charge is 0.261 e. The molecule has 1 fully saturated rings. The van der Waals surface area contributed by atoms with E-state index in [2.05, 4.69) is 44.9 Å². The Labute approximate surface area is 224 Å². The van der Waals surface area contributed by atoms with Crippen molar-refractivity contribution in [3.05, 3.63) is 82.2 Å². The highest BCUT2D eigenvalue weighted by molar-refractivity contribution is 6.74. The van der Waals surface area contributed by atoms with Crippen molar-refractivity contribution in [1.29, 1.82) is 0 Å². The lowest BCUT2D eigenvalue weighted by Gasteiger charge is -2.43. The first-order valence-corrected chi connectivity index (χ1v) is 16.1. The molecular weight excluding hydrogens is 494 g/mol. The number of ether oxygens (including phenoxy) is 1. The van der Waals surface area contributed by atoms with Crippen molar-refractivity contribution in [2.75, 3.05) is 13.2 Å². The summed E-state index contributed by atoms with van der Waals surface area (Å²) < 4.78 is 14.3. The van der Waals surface area contributed by atoms with Gasteiger partial charge in [0.05, 0.1) is 36.0 Å². The van der Waals surface area contributed by atoms with E-state index in [0.29, 0.717) is 42.7 Å². The van der Waals surface area contributed by atoms with E-state index in [9.17, 15) is 9.59 Å². The van der Waals surface area contributed by atoms with Gasteiger partial charge in [-0.1, -0.05) is 51.1 Å². The monoisotopic (exact) mass is 529 g/mol. The maximum atomic E-state index is 14.1. The van der Waals surface area contributed by atoms with Gasteiger partial charge in [0.15, 0.2) is 14.6 Å². The Balaban J connectivity index is 1.60. The minimum absolute atomic E-state index is 0.0498. The highest BCUT2D eigenvalue weighted by Crippen LogP contribution is 2.39. The van der Waals surface area contributed by atoms with Crippen LogP contribution in [-0.4, -0.2) is 48.5 Å². The lowest BCUT2D eigenvalue weighted by atomic mass is 9.96. The highest BCUT2D eigenvalue weighted by atomic mass is 28.4. The Morgan fingerprint density at radius 3 is 2.55 bits per heavy atom. The predicted octanol–water partition coefficient (Wildman–Crippen LogP) is 5.70. The molecule has 7 nitrogen and oxygen atoms in total. The molecule has 0 spiro atoms. The molecule has 4 aromatic rings. The third-order valence-corrected chi connectivity index (χ3v) is 12.6. The largest absolute Gasteiger partial charge is 0.409 e. The number of rotatable bonds is 6. The Morgan fingerprint density at radius 1 is 1.11 bits per heavy atom. The zero-order valence-corrected chi connectivity index (χ0v) is 23.7. The number of pyridine rings is 1. The van der Waals surface area contributed by atoms with Crippen LogP contribution in [0, 0.1) is 0 Å². The number of fused-ring (bicyclic) bond motifs is 3. The van der Waals surface area contributed by atoms with Crippen LogP contribution < -0.4 is 5.56 Å². The molecular formula is C30H35N3O4Si. The van der Waals surface area contributed by atoms with Gasteiger partial charge in [0.2, 0.25) is 0 Å². The van der Waals surface area contributed by atoms with E-state index < -0.39 is 8.32 Å². The molecule has 3 heterocycles. The van der Waals surface area contributed by atoms with Crippen molar-refractivity contribution < 1.29 is 14.0 Å². The fraction of sp³-hybridized carbons (Fsp3) is 0.400. The van der Waals surface area contributed by atoms with Crippen LogP contribution in [-0.2, 0) is 15.6 Å². The number of carbonyl (C=O) groups excluding carboxylic acids is 1. The van der Waals surface area contributed by atoms with Gasteiger partial charge in [-0.2, -0.15) is 0 Å². The number of benzene rings is 2. The summed E-state index contributed by atoms with van der Waals surface area (Å²) in [6.45, 7) is 12.2. The molecule has 1 aliphatic heterocycles. The average Bonchev–Trinajstić information content (AvgIpc) is 2.89. The lowest BCUT2D eigenvalue weighted by molar-refractivity contribution is -0.0327. The van der Waals surface area contributed by atoms with Gasteiger partial charge in [-0.25, -0.2) is 4.98 Å². The minimum atomic E-state index is -2.08. The summed E-state index contributed by atoms with van der Waals surface area (Å²) in [5, 5.41) is 2.64. The van der Waals surface area contributed by atoms with Gasteiger partial charge >= 0.3 is 0 Å². The van der Waals surface area contributed by atoms with Gasteiger partial charge in [0.25, 0.3) is 5.56 Å². The average molecular weight is 530 g/mol. The molecule has 198 valence electrons. The summed E-state index contributed by atoms with van der Waals surface area (Å²) in [5.41, 5.74) is 3.03. The molecule has 0 aliphatic carbocycles. The van der Waals surface area contributed by atoms with Crippen LogP contribution in [0.4, 0.5) is 0 Å². The third-order valence-electron chi connectivity index (χ3n) is 8.12. The number of aromatic nitrogens is 3. The zero-order valence-electron chi connectivity index (χ0n) is 22.7. The normalized spacial score (nSPS) is 18.7. The number of nitrogens with zero attached hydrogens (tertiary/aromatic N) is 3. The molecule has 0 amide bonds. The second kappa shape index (κ2) is 10.2. The first-order chi connectivity index (χ1) is 18.1. The van der Waals surface area contributed by atoms with Crippen molar-refractivity contribution in [1.82, 2.24) is 14.5 Å². The number of aldehydes is 1. The first-order valence-electron chi connectivity index (χ1n) is 13.2. The van der Waals surface area contributed by atoms with Gasteiger partial charge in [-0.15, -0.1) is 0 Å². The maximum Gasteiger partial charge on any atom is 0.261 e. The van der Waals surface area contributed by atoms with E-state index in [1.54, 1.807) is 23.2 Å². The molecule has 1 aliphatic rings. The molecule has 2 aromatic carbocycles. The van der Waals surface area contributed by atoms with Crippen molar-refractivity contribution in [3.8, 4) is 0 Å². The van der Waals surface area contributed by atoms with Gasteiger partial charge in [-0.3, -0.25) is 19.1 Å². The summed E-state index contributed by atoms with van der Waals surface area (Å²) in [6, 6.07) is 13.5. The lowest BCUT2D eigenvalue weighted by Crippen LogP contribution is -2.50. The standard InChI is InChI=1S/C30H35N3O4Si/c1-30(2,3)38(4,5)37-27-18-36-13-12-26(27)33-19-32-28-24-9-7-6-8-23(24)21(15-25(28)29(33)35)14-20-10-11-22(17-34)31-16-20/h6-11,15-17,19,26-27H,12-14,18H2,1-5H3. The van der Waals surface area contributed by atoms with Gasteiger partial charge in [-0.05, 0) is 59.6 Å². The molecule has 0 N–H and O–H groups in total. The number of carbonyl (C=O) groups is 1. The van der Waals surface area contributed by atoms with E-state index in [4.69, 9.17) is 14.1 Å². The van der Waals surface area contributed by atoms with Crippen LogP contribution in [0.15, 0.2) is 59.8 Å². The minimum Gasteiger partial charge on any atom is -0.409 e. The van der Waals surface area contributed by atoms with Crippen LogP contribution in [0.25, 0.3) is 21.7 Å². The summed E-state index contributed by atoms with van der Waals surface area (Å²) in [5.74, 6) is 0. The fourth-order valence-electron chi connectivity index (χ4n) is 4.95. The predicted molar refractivity (Wildman–Crippen MR) is 152 cm³/mol. The van der Waals surface area contributed by atoms with Crippen LogP contribution in [0.3, 0.4) is 0 Å². The Morgan fingerprint density at radius 2 is 1.87 bits per heavy atom. The SMILES string of the molecule is CC(C)(C)[Si](C)(C)OC1COCCC1n1cnc2c(cc(Cc3ccc(C=O)nc3)c3ccccc32)c1=O. The highest BCUT2D eigenvalue weighted by Gasteiger charge is 2.42. The van der Waals surface area contributed by atoms with E-state index in [-0.39, 0.29) is 22.7 Å². The molecule has 0 saturated carbocycles. The summed E-state index contributed by atoms with van der Waals surface area (Å²) in [6.07, 6.45) is 5.23. The van der Waals surface area contributed by atoms with Gasteiger partial charge in [0.1, 0.15) is 5.69 Å². The van der Waals surface area contributed by atoms with E-state index in [1.807, 2.05) is 30.3 Å². The van der Waals surface area contributed by atoms with E-state index >= 15 is 0 Å². The maximum absolute atomic E-state index is 14.1.